The standard InChI is InChI=1S/C31H33N3O6.2H2S/c1-32(27(23-6-4-3-5-7-23)20-33-15-14-25(35)19-33)29(36)17-22-10-13-28-26(16-22)34(31(38)40-28)18-21-8-11-24(12-9-21)30(37)39-2;;/h3-13,16,25,27,35H,14-15,17-20H2,1-2H3;2*1H2/t25-,27+;;/m0../s1. The van der Waals surface area contributed by atoms with Gasteiger partial charge in [0, 0.05) is 26.7 Å². The minimum atomic E-state index is -0.496. The molecule has 5 rings (SSSR count). The highest BCUT2D eigenvalue weighted by atomic mass is 32.1. The number of aliphatic hydroxyl groups excluding tert-OH is 1. The van der Waals surface area contributed by atoms with Gasteiger partial charge in [-0.25, -0.2) is 9.59 Å². The van der Waals surface area contributed by atoms with Crippen LogP contribution in [-0.2, 0) is 22.5 Å². The maximum Gasteiger partial charge on any atom is 0.420 e. The van der Waals surface area contributed by atoms with Crippen molar-refractivity contribution in [2.75, 3.05) is 33.8 Å². The molecule has 1 aliphatic rings. The van der Waals surface area contributed by atoms with Crippen LogP contribution in [0.1, 0.15) is 39.5 Å². The summed E-state index contributed by atoms with van der Waals surface area (Å²) in [6, 6.07) is 22.0. The fourth-order valence-electron chi connectivity index (χ4n) is 5.24. The van der Waals surface area contributed by atoms with E-state index in [-0.39, 0.29) is 58.0 Å². The van der Waals surface area contributed by atoms with E-state index >= 15 is 0 Å². The number of rotatable bonds is 9. The van der Waals surface area contributed by atoms with Crippen molar-refractivity contribution in [2.24, 2.45) is 0 Å². The van der Waals surface area contributed by atoms with Crippen LogP contribution in [-0.4, -0.2) is 71.2 Å². The Kier molecular flexibility index (Phi) is 11.5. The zero-order valence-electron chi connectivity index (χ0n) is 23.7. The van der Waals surface area contributed by atoms with Gasteiger partial charge in [-0.15, -0.1) is 0 Å². The number of nitrogens with zero attached hydrogens (tertiary/aromatic N) is 3. The molecule has 0 unspecified atom stereocenters. The van der Waals surface area contributed by atoms with Crippen LogP contribution in [0.2, 0.25) is 0 Å². The zero-order valence-corrected chi connectivity index (χ0v) is 25.7. The van der Waals surface area contributed by atoms with E-state index in [1.807, 2.05) is 43.4 Å². The lowest BCUT2D eigenvalue weighted by atomic mass is 10.0. The number of likely N-dealkylation sites (N-methyl/N-ethyl adjacent to an activating group) is 1. The molecule has 1 amide bonds. The molecule has 3 aromatic carbocycles. The first-order valence-electron chi connectivity index (χ1n) is 13.3. The van der Waals surface area contributed by atoms with Gasteiger partial charge in [0.25, 0.3) is 0 Å². The van der Waals surface area contributed by atoms with E-state index in [2.05, 4.69) is 4.90 Å². The molecule has 0 radical (unpaired) electrons. The first-order chi connectivity index (χ1) is 19.3. The molecule has 4 aromatic rings. The molecule has 0 spiro atoms. The molecule has 9 nitrogen and oxygen atoms in total. The van der Waals surface area contributed by atoms with Crippen LogP contribution >= 0.6 is 27.0 Å². The largest absolute Gasteiger partial charge is 0.465 e. The molecule has 42 heavy (non-hydrogen) atoms. The highest BCUT2D eigenvalue weighted by Gasteiger charge is 2.28. The number of methoxy groups -OCH3 is 1. The van der Waals surface area contributed by atoms with E-state index in [1.54, 1.807) is 41.3 Å². The van der Waals surface area contributed by atoms with Gasteiger partial charge in [-0.05, 0) is 47.4 Å². The van der Waals surface area contributed by atoms with Crippen molar-refractivity contribution in [2.45, 2.75) is 31.5 Å². The normalized spacial score (nSPS) is 15.5. The Hall–Kier alpha value is -3.51. The van der Waals surface area contributed by atoms with E-state index in [0.717, 1.165) is 29.7 Å². The minimum Gasteiger partial charge on any atom is -0.465 e. The zero-order chi connectivity index (χ0) is 28.2. The second kappa shape index (κ2) is 14.6. The van der Waals surface area contributed by atoms with E-state index in [9.17, 15) is 19.5 Å². The molecule has 1 fully saturated rings. The SMILES string of the molecule is COC(=O)c1ccc(Cn2c(=O)oc3ccc(CC(=O)N(C)[C@H](CN4CC[C@H](O)C4)c4ccccc4)cc32)cc1.S.S. The summed E-state index contributed by atoms with van der Waals surface area (Å²) >= 11 is 0. The first kappa shape index (κ1) is 33.0. The van der Waals surface area contributed by atoms with Gasteiger partial charge in [0.05, 0.1) is 43.3 Å². The quantitative estimate of drug-likeness (QED) is 0.289. The molecule has 2 heterocycles. The number of oxazole rings is 1. The predicted molar refractivity (Wildman–Crippen MR) is 171 cm³/mol. The van der Waals surface area contributed by atoms with Gasteiger partial charge in [0.1, 0.15) is 0 Å². The van der Waals surface area contributed by atoms with Crippen LogP contribution in [0.4, 0.5) is 0 Å². The third-order valence-electron chi connectivity index (χ3n) is 7.53. The fraction of sp³-hybridized carbons (Fsp3) is 0.323. The number of esters is 1. The van der Waals surface area contributed by atoms with Crippen molar-refractivity contribution in [3.63, 3.8) is 0 Å². The fourth-order valence-corrected chi connectivity index (χ4v) is 5.24. The van der Waals surface area contributed by atoms with E-state index in [0.29, 0.717) is 29.8 Å². The summed E-state index contributed by atoms with van der Waals surface area (Å²) in [7, 11) is 3.14. The number of ether oxygens (including phenoxy) is 1. The molecule has 0 bridgehead atoms. The maximum absolute atomic E-state index is 13.5. The average Bonchev–Trinajstić information content (AvgIpc) is 3.53. The number of amides is 1. The third-order valence-corrected chi connectivity index (χ3v) is 7.53. The molecule has 1 aliphatic heterocycles. The van der Waals surface area contributed by atoms with Crippen molar-refractivity contribution < 1.29 is 23.8 Å². The van der Waals surface area contributed by atoms with Crippen molar-refractivity contribution in [3.05, 3.63) is 106 Å². The molecule has 1 aromatic heterocycles. The van der Waals surface area contributed by atoms with Gasteiger partial charge < -0.3 is 19.2 Å². The highest BCUT2D eigenvalue weighted by Crippen LogP contribution is 2.25. The summed E-state index contributed by atoms with van der Waals surface area (Å²) in [5.41, 5.74) is 4.09. The molecule has 0 aliphatic carbocycles. The molecule has 1 N–H and O–H groups in total. The van der Waals surface area contributed by atoms with Gasteiger partial charge in [0.15, 0.2) is 5.58 Å². The maximum atomic E-state index is 13.5. The summed E-state index contributed by atoms with van der Waals surface area (Å²) in [6.07, 6.45) is 0.564. The number of carbonyl (C=O) groups excluding carboxylic acids is 2. The molecule has 224 valence electrons. The van der Waals surface area contributed by atoms with E-state index < -0.39 is 11.7 Å². The van der Waals surface area contributed by atoms with E-state index in [1.165, 1.54) is 11.7 Å². The molecular weight excluding hydrogens is 574 g/mol. The number of fused-ring (bicyclic) bond motifs is 1. The third kappa shape index (κ3) is 7.46. The van der Waals surface area contributed by atoms with Crippen LogP contribution in [0.15, 0.2) is 82.0 Å². The second-order valence-electron chi connectivity index (χ2n) is 10.3. The van der Waals surface area contributed by atoms with Crippen molar-refractivity contribution >= 4 is 50.0 Å². The number of aliphatic hydroxyl groups is 1. The lowest BCUT2D eigenvalue weighted by Gasteiger charge is -2.32. The lowest BCUT2D eigenvalue weighted by molar-refractivity contribution is -0.131. The predicted octanol–water partition coefficient (Wildman–Crippen LogP) is 3.46. The van der Waals surface area contributed by atoms with E-state index in [4.69, 9.17) is 9.15 Å². The molecule has 2 atom stereocenters. The summed E-state index contributed by atoms with van der Waals surface area (Å²) in [5.74, 6) is -0.974. The lowest BCUT2D eigenvalue weighted by Crippen LogP contribution is -2.39. The smallest absolute Gasteiger partial charge is 0.420 e. The number of hydrogen-bond acceptors (Lipinski definition) is 7. The average molecular weight is 612 g/mol. The molecule has 11 heteroatoms. The first-order valence-corrected chi connectivity index (χ1v) is 13.3. The summed E-state index contributed by atoms with van der Waals surface area (Å²) in [5, 5.41) is 10.0. The Morgan fingerprint density at radius 2 is 1.74 bits per heavy atom. The monoisotopic (exact) mass is 611 g/mol. The van der Waals surface area contributed by atoms with Gasteiger partial charge in [-0.3, -0.25) is 14.3 Å². The number of aromatic nitrogens is 1. The summed E-state index contributed by atoms with van der Waals surface area (Å²) in [4.78, 5) is 41.9. The van der Waals surface area contributed by atoms with Crippen LogP contribution < -0.4 is 5.76 Å². The van der Waals surface area contributed by atoms with Crippen molar-refractivity contribution in [3.8, 4) is 0 Å². The van der Waals surface area contributed by atoms with Gasteiger partial charge in [0.2, 0.25) is 5.91 Å². The Labute approximate surface area is 258 Å². The Balaban J connectivity index is 0.00000242. The topological polar surface area (TPSA) is 105 Å². The summed E-state index contributed by atoms with van der Waals surface area (Å²) in [6.45, 7) is 2.29. The number of benzene rings is 3. The van der Waals surface area contributed by atoms with Gasteiger partial charge in [-0.2, -0.15) is 27.0 Å². The van der Waals surface area contributed by atoms with Gasteiger partial charge >= 0.3 is 11.7 Å². The second-order valence-corrected chi connectivity index (χ2v) is 10.3. The number of β-amino-alcohol motifs (C(OH)–C–C–N with tert-alkyl or cyclic N) is 1. The van der Waals surface area contributed by atoms with Crippen LogP contribution in [0.5, 0.6) is 0 Å². The van der Waals surface area contributed by atoms with Crippen LogP contribution in [0.25, 0.3) is 11.1 Å². The van der Waals surface area contributed by atoms with Crippen molar-refractivity contribution in [1.82, 2.24) is 14.4 Å². The molecular formula is C31H37N3O6S2. The number of carbonyl (C=O) groups is 2. The summed E-state index contributed by atoms with van der Waals surface area (Å²) < 4.78 is 11.7. The molecule has 0 saturated carbocycles. The van der Waals surface area contributed by atoms with Gasteiger partial charge in [-0.1, -0.05) is 48.5 Å². The Morgan fingerprint density at radius 3 is 2.38 bits per heavy atom. The number of likely N-dealkylation sites (tertiary alicyclic amines) is 1. The Bertz CT molecular complexity index is 1550. The van der Waals surface area contributed by atoms with Crippen LogP contribution in [0, 0.1) is 0 Å². The van der Waals surface area contributed by atoms with Crippen LogP contribution in [0.3, 0.4) is 0 Å². The minimum absolute atomic E-state index is 0. The molecule has 1 saturated heterocycles. The Morgan fingerprint density at radius 1 is 1.05 bits per heavy atom. The number of hydrogen-bond donors (Lipinski definition) is 1. The highest BCUT2D eigenvalue weighted by molar-refractivity contribution is 7.59. The van der Waals surface area contributed by atoms with Crippen molar-refractivity contribution in [1.29, 1.82) is 0 Å².